The highest BCUT2D eigenvalue weighted by Gasteiger charge is 2.36. The Hall–Kier alpha value is -0.610. The summed E-state index contributed by atoms with van der Waals surface area (Å²) in [5, 5.41) is 4.60. The summed E-state index contributed by atoms with van der Waals surface area (Å²) in [7, 11) is 2.03. The Labute approximate surface area is 126 Å². The maximum atomic E-state index is 5.01. The normalized spacial score (nSPS) is 26.0. The number of nitrogens with one attached hydrogen (secondary N) is 1. The maximum absolute atomic E-state index is 5.01. The molecule has 112 valence electrons. The van der Waals surface area contributed by atoms with Crippen LogP contribution in [0.1, 0.15) is 56.0 Å². The fourth-order valence-corrected chi connectivity index (χ4v) is 5.12. The van der Waals surface area contributed by atoms with Gasteiger partial charge in [0.05, 0.1) is 5.69 Å². The molecule has 2 atom stereocenters. The largest absolute Gasteiger partial charge is 0.345 e. The lowest BCUT2D eigenvalue weighted by atomic mass is 9.92. The van der Waals surface area contributed by atoms with Crippen molar-refractivity contribution in [2.75, 3.05) is 18.5 Å². The lowest BCUT2D eigenvalue weighted by Crippen LogP contribution is -2.42. The van der Waals surface area contributed by atoms with Gasteiger partial charge in [0.25, 0.3) is 0 Å². The van der Waals surface area contributed by atoms with Crippen LogP contribution in [0.2, 0.25) is 0 Å². The second kappa shape index (κ2) is 6.44. The van der Waals surface area contributed by atoms with Gasteiger partial charge in [-0.15, -0.1) is 11.3 Å². The third-order valence-electron chi connectivity index (χ3n) is 4.83. The van der Waals surface area contributed by atoms with Crippen LogP contribution in [0.5, 0.6) is 0 Å². The van der Waals surface area contributed by atoms with Crippen molar-refractivity contribution in [3.8, 4) is 0 Å². The second-order valence-corrected chi connectivity index (χ2v) is 7.30. The molecule has 20 heavy (non-hydrogen) atoms. The van der Waals surface area contributed by atoms with E-state index in [0.717, 1.165) is 24.9 Å². The number of aromatic nitrogens is 1. The van der Waals surface area contributed by atoms with Gasteiger partial charge < -0.3 is 10.2 Å². The minimum absolute atomic E-state index is 0.784. The number of anilines is 1. The summed E-state index contributed by atoms with van der Waals surface area (Å²) in [6, 6.07) is 0.784. The first-order valence-electron chi connectivity index (χ1n) is 8.23. The zero-order valence-corrected chi connectivity index (χ0v) is 13.6. The minimum Gasteiger partial charge on any atom is -0.345 e. The summed E-state index contributed by atoms with van der Waals surface area (Å²) in [4.78, 5) is 9.10. The van der Waals surface area contributed by atoms with Crippen LogP contribution in [0.25, 0.3) is 0 Å². The maximum Gasteiger partial charge on any atom is 0.186 e. The molecule has 2 heterocycles. The van der Waals surface area contributed by atoms with E-state index in [1.165, 1.54) is 60.8 Å². The molecular formula is C16H27N3S. The molecule has 0 bridgehead atoms. The number of aryl methyl sites for hydroxylation is 1. The van der Waals surface area contributed by atoms with Gasteiger partial charge in [-0.1, -0.05) is 19.8 Å². The van der Waals surface area contributed by atoms with Crippen LogP contribution in [0, 0.1) is 5.92 Å². The molecule has 2 aliphatic rings. The second-order valence-electron chi connectivity index (χ2n) is 6.24. The highest BCUT2D eigenvalue weighted by atomic mass is 32.1. The minimum atomic E-state index is 0.784. The molecule has 2 unspecified atom stereocenters. The van der Waals surface area contributed by atoms with E-state index in [9.17, 15) is 0 Å². The summed E-state index contributed by atoms with van der Waals surface area (Å²) >= 11 is 1.93. The fraction of sp³-hybridized carbons (Fsp3) is 0.812. The van der Waals surface area contributed by atoms with E-state index >= 15 is 0 Å². The van der Waals surface area contributed by atoms with Crippen LogP contribution in [0.3, 0.4) is 0 Å². The number of fused-ring (bicyclic) bond motifs is 1. The SMILES string of the molecule is CCCc1nc(N2CCCC3CCCC32)sc1CNC. The Kier molecular flexibility index (Phi) is 4.61. The van der Waals surface area contributed by atoms with Gasteiger partial charge in [-0.3, -0.25) is 0 Å². The van der Waals surface area contributed by atoms with Crippen LogP contribution >= 0.6 is 11.3 Å². The van der Waals surface area contributed by atoms with Crippen molar-refractivity contribution >= 4 is 16.5 Å². The van der Waals surface area contributed by atoms with Crippen LogP contribution in [-0.4, -0.2) is 24.6 Å². The van der Waals surface area contributed by atoms with E-state index in [0.29, 0.717) is 0 Å². The third-order valence-corrected chi connectivity index (χ3v) is 5.96. The van der Waals surface area contributed by atoms with Crippen molar-refractivity contribution in [1.82, 2.24) is 10.3 Å². The Morgan fingerprint density at radius 1 is 1.30 bits per heavy atom. The molecule has 3 nitrogen and oxygen atoms in total. The zero-order valence-electron chi connectivity index (χ0n) is 12.8. The molecule has 1 aromatic rings. The van der Waals surface area contributed by atoms with Crippen molar-refractivity contribution < 1.29 is 0 Å². The van der Waals surface area contributed by atoms with E-state index in [-0.39, 0.29) is 0 Å². The average molecular weight is 293 g/mol. The van der Waals surface area contributed by atoms with Crippen LogP contribution in [0.15, 0.2) is 0 Å². The molecule has 1 N–H and O–H groups in total. The molecule has 0 aromatic carbocycles. The number of hydrogen-bond acceptors (Lipinski definition) is 4. The molecule has 1 aliphatic carbocycles. The predicted molar refractivity (Wildman–Crippen MR) is 86.6 cm³/mol. The zero-order chi connectivity index (χ0) is 13.9. The van der Waals surface area contributed by atoms with Crippen LogP contribution < -0.4 is 10.2 Å². The Morgan fingerprint density at radius 3 is 2.95 bits per heavy atom. The average Bonchev–Trinajstić information content (AvgIpc) is 3.06. The van der Waals surface area contributed by atoms with E-state index in [1.54, 1.807) is 0 Å². The number of hydrogen-bond donors (Lipinski definition) is 1. The standard InChI is InChI=1S/C16H27N3S/c1-3-6-13-15(11-17-2)20-16(18-13)19-10-5-8-12-7-4-9-14(12)19/h12,14,17H,3-11H2,1-2H3. The van der Waals surface area contributed by atoms with Gasteiger partial charge in [-0.05, 0) is 45.1 Å². The molecule has 4 heteroatoms. The van der Waals surface area contributed by atoms with E-state index in [2.05, 4.69) is 17.1 Å². The lowest BCUT2D eigenvalue weighted by molar-refractivity contribution is 0.362. The summed E-state index contributed by atoms with van der Waals surface area (Å²) in [6.45, 7) is 4.43. The molecule has 0 amide bonds. The molecule has 0 spiro atoms. The van der Waals surface area contributed by atoms with Gasteiger partial charge in [-0.25, -0.2) is 4.98 Å². The summed E-state index contributed by atoms with van der Waals surface area (Å²) in [6.07, 6.45) is 9.35. The third kappa shape index (κ3) is 2.73. The van der Waals surface area contributed by atoms with Gasteiger partial charge in [-0.2, -0.15) is 0 Å². The predicted octanol–water partition coefficient (Wildman–Crippen LogP) is 3.58. The van der Waals surface area contributed by atoms with E-state index in [4.69, 9.17) is 4.98 Å². The number of rotatable bonds is 5. The van der Waals surface area contributed by atoms with Crippen LogP contribution in [0.4, 0.5) is 5.13 Å². The molecular weight excluding hydrogens is 266 g/mol. The van der Waals surface area contributed by atoms with Crippen LogP contribution in [-0.2, 0) is 13.0 Å². The van der Waals surface area contributed by atoms with Crippen molar-refractivity contribution in [3.63, 3.8) is 0 Å². The highest BCUT2D eigenvalue weighted by Crippen LogP contribution is 2.40. The Bertz CT molecular complexity index is 419. The topological polar surface area (TPSA) is 28.2 Å². The fourth-order valence-electron chi connectivity index (χ4n) is 3.91. The molecule has 0 radical (unpaired) electrons. The first kappa shape index (κ1) is 14.3. The Morgan fingerprint density at radius 2 is 2.15 bits per heavy atom. The number of thiazole rings is 1. The molecule has 1 aromatic heterocycles. The number of nitrogens with zero attached hydrogens (tertiary/aromatic N) is 2. The van der Waals surface area contributed by atoms with Crippen molar-refractivity contribution in [2.45, 2.75) is 64.5 Å². The quantitative estimate of drug-likeness (QED) is 0.899. The van der Waals surface area contributed by atoms with Gasteiger partial charge >= 0.3 is 0 Å². The van der Waals surface area contributed by atoms with Crippen molar-refractivity contribution in [1.29, 1.82) is 0 Å². The monoisotopic (exact) mass is 293 g/mol. The van der Waals surface area contributed by atoms with Gasteiger partial charge in [0, 0.05) is 24.0 Å². The van der Waals surface area contributed by atoms with Gasteiger partial charge in [0.2, 0.25) is 0 Å². The summed E-state index contributed by atoms with van der Waals surface area (Å²) < 4.78 is 0. The van der Waals surface area contributed by atoms with Crippen molar-refractivity contribution in [3.05, 3.63) is 10.6 Å². The highest BCUT2D eigenvalue weighted by molar-refractivity contribution is 7.15. The van der Waals surface area contributed by atoms with Crippen molar-refractivity contribution in [2.24, 2.45) is 5.92 Å². The summed E-state index contributed by atoms with van der Waals surface area (Å²) in [5.41, 5.74) is 1.34. The molecule has 1 saturated heterocycles. The molecule has 2 fully saturated rings. The van der Waals surface area contributed by atoms with E-state index < -0.39 is 0 Å². The molecule has 1 saturated carbocycles. The smallest absolute Gasteiger partial charge is 0.186 e. The molecule has 3 rings (SSSR count). The summed E-state index contributed by atoms with van der Waals surface area (Å²) in [5.74, 6) is 0.940. The molecule has 1 aliphatic heterocycles. The van der Waals surface area contributed by atoms with E-state index in [1.807, 2.05) is 18.4 Å². The lowest BCUT2D eigenvalue weighted by Gasteiger charge is -2.37. The number of piperidine rings is 1. The first-order valence-corrected chi connectivity index (χ1v) is 9.05. The Balaban J connectivity index is 1.83. The first-order chi connectivity index (χ1) is 9.83. The van der Waals surface area contributed by atoms with Gasteiger partial charge in [0.1, 0.15) is 0 Å². The van der Waals surface area contributed by atoms with Gasteiger partial charge in [0.15, 0.2) is 5.13 Å².